The first kappa shape index (κ1) is 17.2. The topological polar surface area (TPSA) is 80.8 Å². The maximum Gasteiger partial charge on any atom is 0.254 e. The molecule has 0 saturated carbocycles. The minimum atomic E-state index is -0.267. The molecule has 2 aromatic rings. The van der Waals surface area contributed by atoms with E-state index in [-0.39, 0.29) is 25.2 Å². The van der Waals surface area contributed by atoms with Gasteiger partial charge in [0.05, 0.1) is 0 Å². The molecule has 0 atom stereocenters. The van der Waals surface area contributed by atoms with Gasteiger partial charge in [0.1, 0.15) is 6.54 Å². The summed E-state index contributed by atoms with van der Waals surface area (Å²) < 4.78 is 10.6. The largest absolute Gasteiger partial charge is 0.454 e. The third-order valence-corrected chi connectivity index (χ3v) is 4.43. The molecular weight excluding hydrogens is 342 g/mol. The number of aryl methyl sites for hydroxylation is 1. The Hall–Kier alpha value is -2.61. The summed E-state index contributed by atoms with van der Waals surface area (Å²) >= 11 is 1.40. The summed E-state index contributed by atoms with van der Waals surface area (Å²) in [7, 11) is 0. The number of rotatable bonds is 6. The molecule has 0 spiro atoms. The predicted molar refractivity (Wildman–Crippen MR) is 94.2 cm³/mol. The van der Waals surface area contributed by atoms with Gasteiger partial charge in [-0.2, -0.15) is 0 Å². The number of amides is 2. The molecule has 0 unspecified atom stereocenters. The molecule has 0 aliphatic carbocycles. The fraction of sp³-hybridized carbons (Fsp3) is 0.353. The molecule has 3 rings (SSSR count). The molecule has 0 fully saturated rings. The van der Waals surface area contributed by atoms with Crippen LogP contribution in [0.4, 0.5) is 5.13 Å². The zero-order valence-electron chi connectivity index (χ0n) is 14.1. The summed E-state index contributed by atoms with van der Waals surface area (Å²) in [6, 6.07) is 5.04. The molecule has 8 heteroatoms. The number of nitrogens with zero attached hydrogens (tertiary/aromatic N) is 2. The Morgan fingerprint density at radius 1 is 1.32 bits per heavy atom. The van der Waals surface area contributed by atoms with Gasteiger partial charge >= 0.3 is 0 Å². The highest BCUT2D eigenvalue weighted by atomic mass is 32.1. The van der Waals surface area contributed by atoms with Crippen molar-refractivity contribution in [2.24, 2.45) is 0 Å². The van der Waals surface area contributed by atoms with Gasteiger partial charge in [-0.25, -0.2) is 4.98 Å². The molecule has 7 nitrogen and oxygen atoms in total. The first-order valence-corrected chi connectivity index (χ1v) is 8.79. The van der Waals surface area contributed by atoms with Crippen molar-refractivity contribution in [3.63, 3.8) is 0 Å². The van der Waals surface area contributed by atoms with Gasteiger partial charge in [-0.05, 0) is 31.5 Å². The average molecular weight is 361 g/mol. The molecule has 1 aromatic heterocycles. The first-order valence-electron chi connectivity index (χ1n) is 7.98. The summed E-state index contributed by atoms with van der Waals surface area (Å²) in [5.41, 5.74) is 0.468. The zero-order chi connectivity index (χ0) is 17.8. The second kappa shape index (κ2) is 7.52. The number of benzene rings is 1. The van der Waals surface area contributed by atoms with Crippen molar-refractivity contribution in [2.45, 2.75) is 20.3 Å². The predicted octanol–water partition coefficient (Wildman–Crippen LogP) is 2.67. The second-order valence-electron chi connectivity index (χ2n) is 5.62. The molecule has 0 radical (unpaired) electrons. The number of carbonyl (C=O) groups excluding carboxylic acids is 2. The fourth-order valence-corrected chi connectivity index (χ4v) is 3.16. The van der Waals surface area contributed by atoms with Crippen molar-refractivity contribution in [1.82, 2.24) is 9.88 Å². The highest BCUT2D eigenvalue weighted by molar-refractivity contribution is 7.15. The minimum absolute atomic E-state index is 0.0280. The standard InChI is InChI=1S/C17H19N3O4S/c1-3-6-20(9-15(21)19-17-18-8-11(2)25-17)16(22)12-4-5-13-14(7-12)24-10-23-13/h4-5,7-8H,3,6,9-10H2,1-2H3,(H,18,19,21). The number of hydrogen-bond acceptors (Lipinski definition) is 6. The molecule has 0 saturated heterocycles. The van der Waals surface area contributed by atoms with E-state index < -0.39 is 0 Å². The molecule has 1 aliphatic heterocycles. The van der Waals surface area contributed by atoms with Crippen LogP contribution in [-0.2, 0) is 4.79 Å². The van der Waals surface area contributed by atoms with Crippen molar-refractivity contribution in [3.8, 4) is 11.5 Å². The number of carbonyl (C=O) groups is 2. The Balaban J connectivity index is 1.69. The molecule has 1 aliphatic rings. The van der Waals surface area contributed by atoms with E-state index in [1.807, 2.05) is 13.8 Å². The third-order valence-electron chi connectivity index (χ3n) is 3.60. The van der Waals surface area contributed by atoms with E-state index in [1.165, 1.54) is 16.2 Å². The summed E-state index contributed by atoms with van der Waals surface area (Å²) in [6.45, 7) is 4.49. The van der Waals surface area contributed by atoms with Gasteiger partial charge in [-0.15, -0.1) is 11.3 Å². The van der Waals surface area contributed by atoms with Gasteiger partial charge in [-0.3, -0.25) is 9.59 Å². The van der Waals surface area contributed by atoms with Crippen molar-refractivity contribution >= 4 is 28.3 Å². The van der Waals surface area contributed by atoms with Gasteiger partial charge in [0, 0.05) is 23.2 Å². The quantitative estimate of drug-likeness (QED) is 0.855. The van der Waals surface area contributed by atoms with Gasteiger partial charge in [0.15, 0.2) is 16.6 Å². The van der Waals surface area contributed by atoms with E-state index in [0.29, 0.717) is 28.7 Å². The Kier molecular flexibility index (Phi) is 5.18. The molecule has 132 valence electrons. The minimum Gasteiger partial charge on any atom is -0.454 e. The van der Waals surface area contributed by atoms with Crippen molar-refractivity contribution in [1.29, 1.82) is 0 Å². The molecule has 2 heterocycles. The van der Waals surface area contributed by atoms with E-state index in [9.17, 15) is 9.59 Å². The zero-order valence-corrected chi connectivity index (χ0v) is 14.9. The van der Waals surface area contributed by atoms with E-state index in [4.69, 9.17) is 9.47 Å². The molecule has 25 heavy (non-hydrogen) atoms. The lowest BCUT2D eigenvalue weighted by atomic mass is 10.1. The van der Waals surface area contributed by atoms with Crippen molar-refractivity contribution in [2.75, 3.05) is 25.2 Å². The number of aromatic nitrogens is 1. The van der Waals surface area contributed by atoms with Crippen molar-refractivity contribution < 1.29 is 19.1 Å². The SMILES string of the molecule is CCCN(CC(=O)Nc1ncc(C)s1)C(=O)c1ccc2c(c1)OCO2. The number of thiazole rings is 1. The highest BCUT2D eigenvalue weighted by Crippen LogP contribution is 2.32. The van der Waals surface area contributed by atoms with Crippen LogP contribution in [0, 0.1) is 6.92 Å². The Morgan fingerprint density at radius 2 is 2.12 bits per heavy atom. The number of fused-ring (bicyclic) bond motifs is 1. The van der Waals surface area contributed by atoms with Crippen LogP contribution in [0.5, 0.6) is 11.5 Å². The van der Waals surface area contributed by atoms with Crippen LogP contribution < -0.4 is 14.8 Å². The van der Waals surface area contributed by atoms with Gasteiger partial charge < -0.3 is 19.7 Å². The lowest BCUT2D eigenvalue weighted by Crippen LogP contribution is -2.38. The number of ether oxygens (including phenoxy) is 2. The summed E-state index contributed by atoms with van der Waals surface area (Å²) in [5.74, 6) is 0.683. The van der Waals surface area contributed by atoms with Crippen LogP contribution in [0.15, 0.2) is 24.4 Å². The van der Waals surface area contributed by atoms with E-state index in [0.717, 1.165) is 11.3 Å². The Morgan fingerprint density at radius 3 is 2.84 bits per heavy atom. The van der Waals surface area contributed by atoms with Crippen LogP contribution in [0.2, 0.25) is 0 Å². The number of hydrogen-bond donors (Lipinski definition) is 1. The second-order valence-corrected chi connectivity index (χ2v) is 6.85. The van der Waals surface area contributed by atoms with E-state index in [1.54, 1.807) is 24.4 Å². The van der Waals surface area contributed by atoms with E-state index >= 15 is 0 Å². The van der Waals surface area contributed by atoms with E-state index in [2.05, 4.69) is 10.3 Å². The number of anilines is 1. The Bertz CT molecular complexity index is 790. The molecule has 1 aromatic carbocycles. The smallest absolute Gasteiger partial charge is 0.254 e. The van der Waals surface area contributed by atoms with Crippen LogP contribution in [0.3, 0.4) is 0 Å². The highest BCUT2D eigenvalue weighted by Gasteiger charge is 2.22. The summed E-state index contributed by atoms with van der Waals surface area (Å²) in [4.78, 5) is 31.6. The van der Waals surface area contributed by atoms with Crippen LogP contribution >= 0.6 is 11.3 Å². The lowest BCUT2D eigenvalue weighted by molar-refractivity contribution is -0.116. The molecule has 0 bridgehead atoms. The van der Waals surface area contributed by atoms with Crippen LogP contribution in [-0.4, -0.2) is 41.6 Å². The number of nitrogens with one attached hydrogen (secondary N) is 1. The van der Waals surface area contributed by atoms with Gasteiger partial charge in [0.25, 0.3) is 5.91 Å². The lowest BCUT2D eigenvalue weighted by Gasteiger charge is -2.21. The molecule has 1 N–H and O–H groups in total. The maximum atomic E-state index is 12.8. The van der Waals surface area contributed by atoms with Crippen LogP contribution in [0.1, 0.15) is 28.6 Å². The monoisotopic (exact) mass is 361 g/mol. The molecular formula is C17H19N3O4S. The molecule has 2 amide bonds. The average Bonchev–Trinajstić information content (AvgIpc) is 3.21. The Labute approximate surface area is 149 Å². The van der Waals surface area contributed by atoms with Gasteiger partial charge in [0.2, 0.25) is 12.7 Å². The summed E-state index contributed by atoms with van der Waals surface area (Å²) in [5, 5.41) is 3.27. The van der Waals surface area contributed by atoms with Crippen molar-refractivity contribution in [3.05, 3.63) is 34.8 Å². The third kappa shape index (κ3) is 4.08. The normalized spacial score (nSPS) is 12.1. The summed E-state index contributed by atoms with van der Waals surface area (Å²) in [6.07, 6.45) is 2.45. The van der Waals surface area contributed by atoms with Gasteiger partial charge in [-0.1, -0.05) is 6.92 Å². The maximum absolute atomic E-state index is 12.8. The fourth-order valence-electron chi connectivity index (χ4n) is 2.48. The first-order chi connectivity index (χ1) is 12.1. The van der Waals surface area contributed by atoms with Crippen LogP contribution in [0.25, 0.3) is 0 Å².